The van der Waals surface area contributed by atoms with Crippen molar-refractivity contribution in [2.45, 2.75) is 32.2 Å². The summed E-state index contributed by atoms with van der Waals surface area (Å²) in [5.41, 5.74) is 1.09. The average Bonchev–Trinajstić information content (AvgIpc) is 3.04. The van der Waals surface area contributed by atoms with E-state index in [2.05, 4.69) is 4.98 Å². The first-order valence-corrected chi connectivity index (χ1v) is 8.16. The number of carboxylic acid groups (broad SMARTS) is 1. The lowest BCUT2D eigenvalue weighted by atomic mass is 9.93. The predicted octanol–water partition coefficient (Wildman–Crippen LogP) is 2.73. The molecule has 1 aliphatic rings. The molecule has 0 spiro atoms. The summed E-state index contributed by atoms with van der Waals surface area (Å²) < 4.78 is 18.3. The lowest BCUT2D eigenvalue weighted by Crippen LogP contribution is -2.47. The van der Waals surface area contributed by atoms with E-state index in [0.29, 0.717) is 30.0 Å². The molecule has 6 nitrogen and oxygen atoms in total. The van der Waals surface area contributed by atoms with Crippen molar-refractivity contribution in [2.75, 3.05) is 6.54 Å². The Bertz CT molecular complexity index is 772. The molecule has 2 atom stereocenters. The number of piperidine rings is 1. The van der Waals surface area contributed by atoms with E-state index in [-0.39, 0.29) is 30.7 Å². The number of oxazole rings is 1. The first-order chi connectivity index (χ1) is 11.9. The number of rotatable bonds is 4. The number of amides is 1. The zero-order chi connectivity index (χ0) is 18.0. The molecular weight excluding hydrogens is 327 g/mol. The summed E-state index contributed by atoms with van der Waals surface area (Å²) in [6.07, 6.45) is 2.70. The van der Waals surface area contributed by atoms with E-state index in [4.69, 9.17) is 4.42 Å². The molecule has 1 aliphatic heterocycles. The molecule has 2 aromatic rings. The van der Waals surface area contributed by atoms with Crippen LogP contribution in [-0.2, 0) is 16.0 Å². The smallest absolute Gasteiger partial charge is 0.308 e. The van der Waals surface area contributed by atoms with Gasteiger partial charge in [-0.3, -0.25) is 9.59 Å². The summed E-state index contributed by atoms with van der Waals surface area (Å²) in [6.45, 7) is 2.14. The monoisotopic (exact) mass is 346 g/mol. The van der Waals surface area contributed by atoms with E-state index in [1.54, 1.807) is 17.0 Å². The van der Waals surface area contributed by atoms with E-state index in [9.17, 15) is 19.1 Å². The SMILES string of the molecule is CC1CCC(C(=O)O)CN1C(=O)Cc1coc(-c2ccc(F)cc2)n1. The Morgan fingerprint density at radius 2 is 2.04 bits per heavy atom. The van der Waals surface area contributed by atoms with Crippen molar-refractivity contribution in [1.29, 1.82) is 0 Å². The molecule has 1 fully saturated rings. The minimum Gasteiger partial charge on any atom is -0.481 e. The van der Waals surface area contributed by atoms with Crippen LogP contribution in [0.1, 0.15) is 25.5 Å². The third-order valence-corrected chi connectivity index (χ3v) is 4.53. The molecule has 1 N–H and O–H groups in total. The Hall–Kier alpha value is -2.70. The largest absolute Gasteiger partial charge is 0.481 e. The molecule has 7 heteroatoms. The third kappa shape index (κ3) is 3.87. The highest BCUT2D eigenvalue weighted by Gasteiger charge is 2.32. The van der Waals surface area contributed by atoms with Crippen molar-refractivity contribution in [3.05, 3.63) is 42.0 Å². The van der Waals surface area contributed by atoms with Crippen LogP contribution in [0.15, 0.2) is 34.9 Å². The average molecular weight is 346 g/mol. The highest BCUT2D eigenvalue weighted by Crippen LogP contribution is 2.24. The lowest BCUT2D eigenvalue weighted by molar-refractivity contribution is -0.147. The van der Waals surface area contributed by atoms with Gasteiger partial charge in [-0.25, -0.2) is 9.37 Å². The highest BCUT2D eigenvalue weighted by atomic mass is 19.1. The van der Waals surface area contributed by atoms with Crippen LogP contribution in [0.2, 0.25) is 0 Å². The minimum atomic E-state index is -0.871. The van der Waals surface area contributed by atoms with Gasteiger partial charge in [-0.05, 0) is 44.0 Å². The van der Waals surface area contributed by atoms with Crippen LogP contribution in [0.3, 0.4) is 0 Å². The molecule has 2 heterocycles. The summed E-state index contributed by atoms with van der Waals surface area (Å²) in [6, 6.07) is 5.73. The van der Waals surface area contributed by atoms with Crippen LogP contribution in [0, 0.1) is 11.7 Å². The summed E-state index contributed by atoms with van der Waals surface area (Å²) in [5.74, 6) is -1.59. The fourth-order valence-electron chi connectivity index (χ4n) is 3.03. The molecule has 3 rings (SSSR count). The quantitative estimate of drug-likeness (QED) is 0.920. The lowest BCUT2D eigenvalue weighted by Gasteiger charge is -2.36. The Kier molecular flexibility index (Phi) is 4.83. The number of aromatic nitrogens is 1. The van der Waals surface area contributed by atoms with E-state index in [1.165, 1.54) is 18.4 Å². The van der Waals surface area contributed by atoms with Crippen molar-refractivity contribution in [3.63, 3.8) is 0 Å². The van der Waals surface area contributed by atoms with Crippen molar-refractivity contribution >= 4 is 11.9 Å². The van der Waals surface area contributed by atoms with Crippen molar-refractivity contribution in [1.82, 2.24) is 9.88 Å². The second-order valence-corrected chi connectivity index (χ2v) is 6.34. The maximum absolute atomic E-state index is 13.0. The number of carbonyl (C=O) groups excluding carboxylic acids is 1. The molecule has 2 unspecified atom stereocenters. The molecule has 1 saturated heterocycles. The van der Waals surface area contributed by atoms with E-state index < -0.39 is 11.9 Å². The maximum atomic E-state index is 13.0. The molecule has 132 valence electrons. The Morgan fingerprint density at radius 1 is 1.32 bits per heavy atom. The van der Waals surface area contributed by atoms with Gasteiger partial charge in [0, 0.05) is 18.2 Å². The van der Waals surface area contributed by atoms with Crippen LogP contribution in [0.5, 0.6) is 0 Å². The zero-order valence-electron chi connectivity index (χ0n) is 13.8. The van der Waals surface area contributed by atoms with Crippen molar-refractivity contribution in [2.24, 2.45) is 5.92 Å². The molecule has 1 aromatic heterocycles. The van der Waals surface area contributed by atoms with Crippen LogP contribution >= 0.6 is 0 Å². The number of aliphatic carboxylic acids is 1. The second kappa shape index (κ2) is 7.04. The van der Waals surface area contributed by atoms with Gasteiger partial charge in [0.05, 0.1) is 18.0 Å². The third-order valence-electron chi connectivity index (χ3n) is 4.53. The number of hydrogen-bond acceptors (Lipinski definition) is 4. The van der Waals surface area contributed by atoms with Gasteiger partial charge in [-0.2, -0.15) is 0 Å². The highest BCUT2D eigenvalue weighted by molar-refractivity contribution is 5.80. The summed E-state index contributed by atoms with van der Waals surface area (Å²) >= 11 is 0. The van der Waals surface area contributed by atoms with Crippen LogP contribution in [0.25, 0.3) is 11.5 Å². The summed E-state index contributed by atoms with van der Waals surface area (Å²) in [7, 11) is 0. The van der Waals surface area contributed by atoms with E-state index in [0.717, 1.165) is 0 Å². The molecule has 0 radical (unpaired) electrons. The number of hydrogen-bond donors (Lipinski definition) is 1. The predicted molar refractivity (Wildman–Crippen MR) is 87.1 cm³/mol. The van der Waals surface area contributed by atoms with Gasteiger partial charge in [-0.1, -0.05) is 0 Å². The molecule has 0 aliphatic carbocycles. The van der Waals surface area contributed by atoms with Crippen LogP contribution in [-0.4, -0.2) is 39.5 Å². The van der Waals surface area contributed by atoms with Gasteiger partial charge in [0.1, 0.15) is 12.1 Å². The first kappa shape index (κ1) is 17.1. The minimum absolute atomic E-state index is 0.00608. The fraction of sp³-hybridized carbons (Fsp3) is 0.389. The van der Waals surface area contributed by atoms with Crippen LogP contribution in [0.4, 0.5) is 4.39 Å². The van der Waals surface area contributed by atoms with Gasteiger partial charge in [0.25, 0.3) is 0 Å². The summed E-state index contributed by atoms with van der Waals surface area (Å²) in [5, 5.41) is 9.17. The van der Waals surface area contributed by atoms with Gasteiger partial charge >= 0.3 is 5.97 Å². The normalized spacial score (nSPS) is 20.5. The topological polar surface area (TPSA) is 83.6 Å². The summed E-state index contributed by atoms with van der Waals surface area (Å²) in [4.78, 5) is 29.6. The number of carbonyl (C=O) groups is 2. The number of carboxylic acids is 1. The Labute approximate surface area is 144 Å². The number of likely N-dealkylation sites (tertiary alicyclic amines) is 1. The molecule has 0 bridgehead atoms. The van der Waals surface area contributed by atoms with Crippen molar-refractivity contribution in [3.8, 4) is 11.5 Å². The van der Waals surface area contributed by atoms with Gasteiger partial charge < -0.3 is 14.4 Å². The second-order valence-electron chi connectivity index (χ2n) is 6.34. The molecular formula is C18H19FN2O4. The number of benzene rings is 1. The van der Waals surface area contributed by atoms with Crippen molar-refractivity contribution < 1.29 is 23.5 Å². The standard InChI is InChI=1S/C18H19FN2O4/c1-11-2-3-13(18(23)24)9-21(11)16(22)8-15-10-25-17(20-15)12-4-6-14(19)7-5-12/h4-7,10-11,13H,2-3,8-9H2,1H3,(H,23,24). The van der Waals surface area contributed by atoms with E-state index in [1.807, 2.05) is 6.92 Å². The van der Waals surface area contributed by atoms with Crippen LogP contribution < -0.4 is 0 Å². The van der Waals surface area contributed by atoms with Gasteiger partial charge in [0.2, 0.25) is 11.8 Å². The van der Waals surface area contributed by atoms with Gasteiger partial charge in [0.15, 0.2) is 0 Å². The Morgan fingerprint density at radius 3 is 2.72 bits per heavy atom. The molecule has 0 saturated carbocycles. The molecule has 1 aromatic carbocycles. The fourth-order valence-corrected chi connectivity index (χ4v) is 3.03. The number of nitrogens with zero attached hydrogens (tertiary/aromatic N) is 2. The molecule has 1 amide bonds. The Balaban J connectivity index is 1.68. The van der Waals surface area contributed by atoms with Gasteiger partial charge in [-0.15, -0.1) is 0 Å². The number of halogens is 1. The first-order valence-electron chi connectivity index (χ1n) is 8.16. The van der Waals surface area contributed by atoms with E-state index >= 15 is 0 Å². The maximum Gasteiger partial charge on any atom is 0.308 e. The zero-order valence-corrected chi connectivity index (χ0v) is 13.8. The molecule has 25 heavy (non-hydrogen) atoms.